The summed E-state index contributed by atoms with van der Waals surface area (Å²) in [5.41, 5.74) is 2.73. The van der Waals surface area contributed by atoms with Gasteiger partial charge in [-0.3, -0.25) is 14.3 Å². The van der Waals surface area contributed by atoms with Crippen LogP contribution in [-0.2, 0) is 20.1 Å². The van der Waals surface area contributed by atoms with Crippen LogP contribution >= 0.6 is 0 Å². The fourth-order valence-corrected chi connectivity index (χ4v) is 4.58. The van der Waals surface area contributed by atoms with Crippen LogP contribution in [0.25, 0.3) is 0 Å². The second kappa shape index (κ2) is 8.12. The summed E-state index contributed by atoms with van der Waals surface area (Å²) in [6, 6.07) is 4.61. The Morgan fingerprint density at radius 2 is 2.04 bits per heavy atom. The zero-order valence-electron chi connectivity index (χ0n) is 16.6. The lowest BCUT2D eigenvalue weighted by Gasteiger charge is -2.38. The van der Waals surface area contributed by atoms with Crippen LogP contribution < -0.4 is 0 Å². The number of likely N-dealkylation sites (tertiary alicyclic amines) is 1. The molecule has 1 saturated heterocycles. The first-order valence-electron chi connectivity index (χ1n) is 10.3. The molecule has 2 aliphatic rings. The summed E-state index contributed by atoms with van der Waals surface area (Å²) in [6.45, 7) is 8.94. The van der Waals surface area contributed by atoms with Crippen LogP contribution in [0.5, 0.6) is 0 Å². The van der Waals surface area contributed by atoms with Crippen LogP contribution in [0.4, 0.5) is 0 Å². The lowest BCUT2D eigenvalue weighted by atomic mass is 10.0. The number of nitrogens with zero attached hydrogens (tertiary/aromatic N) is 6. The molecular formula is C20H32N6O. The minimum Gasteiger partial charge on any atom is -0.380 e. The molecule has 2 aromatic heterocycles. The minimum atomic E-state index is -0.720. The van der Waals surface area contributed by atoms with Gasteiger partial charge in [-0.2, -0.15) is 10.2 Å². The summed E-state index contributed by atoms with van der Waals surface area (Å²) in [5, 5.41) is 19.6. The molecule has 0 spiro atoms. The maximum Gasteiger partial charge on any atom is 0.139 e. The van der Waals surface area contributed by atoms with E-state index in [2.05, 4.69) is 32.6 Å². The summed E-state index contributed by atoms with van der Waals surface area (Å²) in [7, 11) is 1.85. The predicted molar refractivity (Wildman–Crippen MR) is 104 cm³/mol. The number of aryl methyl sites for hydroxylation is 2. The molecule has 7 nitrogen and oxygen atoms in total. The lowest BCUT2D eigenvalue weighted by Crippen LogP contribution is -2.44. The monoisotopic (exact) mass is 372 g/mol. The Balaban J connectivity index is 1.45. The Labute approximate surface area is 161 Å². The normalized spacial score (nSPS) is 21.1. The van der Waals surface area contributed by atoms with Gasteiger partial charge >= 0.3 is 0 Å². The van der Waals surface area contributed by atoms with Crippen molar-refractivity contribution in [3.8, 4) is 0 Å². The molecule has 1 N–H and O–H groups in total. The van der Waals surface area contributed by atoms with E-state index >= 15 is 0 Å². The highest BCUT2D eigenvalue weighted by molar-refractivity contribution is 5.21. The van der Waals surface area contributed by atoms with E-state index in [1.165, 1.54) is 44.6 Å². The molecule has 0 amide bonds. The molecule has 1 fully saturated rings. The number of piperidine rings is 1. The molecule has 2 aliphatic heterocycles. The number of hydrogen-bond donors (Lipinski definition) is 1. The van der Waals surface area contributed by atoms with E-state index < -0.39 is 6.10 Å². The second-order valence-corrected chi connectivity index (χ2v) is 7.96. The maximum atomic E-state index is 10.7. The van der Waals surface area contributed by atoms with Crippen LogP contribution in [0.2, 0.25) is 0 Å². The molecule has 27 heavy (non-hydrogen) atoms. The van der Waals surface area contributed by atoms with E-state index in [4.69, 9.17) is 5.10 Å². The van der Waals surface area contributed by atoms with Gasteiger partial charge in [0.2, 0.25) is 0 Å². The van der Waals surface area contributed by atoms with Gasteiger partial charge in [0.1, 0.15) is 6.10 Å². The van der Waals surface area contributed by atoms with Crippen LogP contribution in [0.15, 0.2) is 18.3 Å². The van der Waals surface area contributed by atoms with Crippen molar-refractivity contribution in [2.45, 2.75) is 57.8 Å². The quantitative estimate of drug-likeness (QED) is 0.867. The molecule has 2 aromatic rings. The van der Waals surface area contributed by atoms with Gasteiger partial charge in [0.25, 0.3) is 0 Å². The Hall–Kier alpha value is -1.70. The average Bonchev–Trinajstić information content (AvgIpc) is 3.23. The number of rotatable bonds is 5. The molecule has 1 atom stereocenters. The van der Waals surface area contributed by atoms with Crippen molar-refractivity contribution in [1.82, 2.24) is 29.4 Å². The van der Waals surface area contributed by atoms with Crippen molar-refractivity contribution < 1.29 is 5.11 Å². The van der Waals surface area contributed by atoms with Gasteiger partial charge in [0.05, 0.1) is 17.1 Å². The molecular weight excluding hydrogens is 340 g/mol. The van der Waals surface area contributed by atoms with Crippen molar-refractivity contribution in [2.24, 2.45) is 7.05 Å². The summed E-state index contributed by atoms with van der Waals surface area (Å²) in [4.78, 5) is 5.24. The van der Waals surface area contributed by atoms with Crippen molar-refractivity contribution in [3.05, 3.63) is 35.4 Å². The first kappa shape index (κ1) is 18.7. The van der Waals surface area contributed by atoms with Crippen molar-refractivity contribution in [2.75, 3.05) is 26.2 Å². The van der Waals surface area contributed by atoms with E-state index in [0.29, 0.717) is 6.04 Å². The SMILES string of the molecule is CCCN1CCC(N2CCCn3nc(C(O)c4ccnn4C)cc3C2)CC1. The Bertz CT molecular complexity index is 745. The zero-order chi connectivity index (χ0) is 18.8. The van der Waals surface area contributed by atoms with Crippen LogP contribution in [0.1, 0.15) is 55.8 Å². The molecule has 1 unspecified atom stereocenters. The summed E-state index contributed by atoms with van der Waals surface area (Å²) in [6.07, 6.45) is 5.88. The van der Waals surface area contributed by atoms with Gasteiger partial charge in [0.15, 0.2) is 0 Å². The van der Waals surface area contributed by atoms with E-state index in [9.17, 15) is 5.11 Å². The molecule has 0 aliphatic carbocycles. The second-order valence-electron chi connectivity index (χ2n) is 7.96. The molecule has 0 saturated carbocycles. The molecule has 0 radical (unpaired) electrons. The van der Waals surface area contributed by atoms with Crippen molar-refractivity contribution >= 4 is 0 Å². The molecule has 4 heterocycles. The topological polar surface area (TPSA) is 62.4 Å². The summed E-state index contributed by atoms with van der Waals surface area (Å²) >= 11 is 0. The van der Waals surface area contributed by atoms with Gasteiger partial charge in [-0.15, -0.1) is 0 Å². The van der Waals surface area contributed by atoms with Crippen LogP contribution in [0, 0.1) is 0 Å². The van der Waals surface area contributed by atoms with Gasteiger partial charge < -0.3 is 10.0 Å². The number of aliphatic hydroxyl groups is 1. The Morgan fingerprint density at radius 3 is 2.74 bits per heavy atom. The summed E-state index contributed by atoms with van der Waals surface area (Å²) in [5.74, 6) is 0. The van der Waals surface area contributed by atoms with Gasteiger partial charge in [-0.05, 0) is 57.5 Å². The lowest BCUT2D eigenvalue weighted by molar-refractivity contribution is 0.104. The fourth-order valence-electron chi connectivity index (χ4n) is 4.58. The zero-order valence-corrected chi connectivity index (χ0v) is 16.6. The first-order valence-corrected chi connectivity index (χ1v) is 10.3. The highest BCUT2D eigenvalue weighted by atomic mass is 16.3. The number of aromatic nitrogens is 4. The number of fused-ring (bicyclic) bond motifs is 1. The maximum absolute atomic E-state index is 10.7. The molecule has 7 heteroatoms. The fraction of sp³-hybridized carbons (Fsp3) is 0.700. The standard InChI is InChI=1S/C20H32N6O/c1-3-9-24-12-6-16(7-13-24)25-10-4-11-26-17(15-25)14-18(22-26)20(27)19-5-8-21-23(19)2/h5,8,14,16,20,27H,3-4,6-7,9-13,15H2,1-2H3. The third-order valence-corrected chi connectivity index (χ3v) is 6.10. The Morgan fingerprint density at radius 1 is 1.22 bits per heavy atom. The van der Waals surface area contributed by atoms with E-state index in [1.807, 2.05) is 13.1 Å². The molecule has 0 bridgehead atoms. The average molecular weight is 373 g/mol. The first-order chi connectivity index (χ1) is 13.2. The molecule has 4 rings (SSSR count). The highest BCUT2D eigenvalue weighted by Crippen LogP contribution is 2.25. The highest BCUT2D eigenvalue weighted by Gasteiger charge is 2.28. The number of hydrogen-bond acceptors (Lipinski definition) is 5. The van der Waals surface area contributed by atoms with E-state index in [0.717, 1.165) is 37.4 Å². The molecule has 0 aromatic carbocycles. The minimum absolute atomic E-state index is 0.671. The van der Waals surface area contributed by atoms with Crippen molar-refractivity contribution in [3.63, 3.8) is 0 Å². The predicted octanol–water partition coefficient (Wildman–Crippen LogP) is 1.78. The number of aliphatic hydroxyl groups excluding tert-OH is 1. The summed E-state index contributed by atoms with van der Waals surface area (Å²) < 4.78 is 3.81. The smallest absolute Gasteiger partial charge is 0.139 e. The third-order valence-electron chi connectivity index (χ3n) is 6.10. The van der Waals surface area contributed by atoms with Crippen LogP contribution in [-0.4, -0.2) is 66.7 Å². The van der Waals surface area contributed by atoms with E-state index in [-0.39, 0.29) is 0 Å². The van der Waals surface area contributed by atoms with Gasteiger partial charge in [-0.25, -0.2) is 0 Å². The van der Waals surface area contributed by atoms with Crippen molar-refractivity contribution in [1.29, 1.82) is 0 Å². The van der Waals surface area contributed by atoms with Gasteiger partial charge in [-0.1, -0.05) is 6.92 Å². The van der Waals surface area contributed by atoms with Gasteiger partial charge in [0, 0.05) is 38.9 Å². The van der Waals surface area contributed by atoms with Crippen LogP contribution in [0.3, 0.4) is 0 Å². The largest absolute Gasteiger partial charge is 0.380 e. The Kier molecular flexibility index (Phi) is 5.61. The third kappa shape index (κ3) is 3.95. The van der Waals surface area contributed by atoms with E-state index in [1.54, 1.807) is 10.9 Å². The molecule has 148 valence electrons.